The van der Waals surface area contributed by atoms with Gasteiger partial charge in [-0.25, -0.2) is 4.79 Å². The van der Waals surface area contributed by atoms with Gasteiger partial charge in [-0.3, -0.25) is 0 Å². The molecule has 0 radical (unpaired) electrons. The molecule has 0 saturated carbocycles. The maximum Gasteiger partial charge on any atom is 0.315 e. The van der Waals surface area contributed by atoms with E-state index in [9.17, 15) is 9.90 Å². The molecule has 0 fully saturated rings. The Bertz CT molecular complexity index is 474. The van der Waals surface area contributed by atoms with Crippen molar-refractivity contribution < 1.29 is 9.90 Å². The van der Waals surface area contributed by atoms with Crippen LogP contribution in [0.15, 0.2) is 24.3 Å². The van der Waals surface area contributed by atoms with Crippen LogP contribution in [-0.4, -0.2) is 23.8 Å². The molecule has 2 amide bonds. The molecule has 4 nitrogen and oxygen atoms in total. The zero-order valence-electron chi connectivity index (χ0n) is 12.9. The molecule has 1 aromatic rings. The lowest BCUT2D eigenvalue weighted by atomic mass is 9.88. The smallest absolute Gasteiger partial charge is 0.315 e. The molecule has 3 N–H and O–H groups in total. The molecule has 0 bridgehead atoms. The van der Waals surface area contributed by atoms with Gasteiger partial charge < -0.3 is 15.7 Å². The molecule has 2 rings (SSSR count). The van der Waals surface area contributed by atoms with E-state index in [1.165, 1.54) is 11.1 Å². The molecule has 1 aromatic carbocycles. The molecule has 0 aromatic heterocycles. The van der Waals surface area contributed by atoms with Gasteiger partial charge in [0.05, 0.1) is 12.1 Å². The topological polar surface area (TPSA) is 61.4 Å². The van der Waals surface area contributed by atoms with Crippen molar-refractivity contribution in [1.29, 1.82) is 0 Å². The quantitative estimate of drug-likeness (QED) is 0.781. The first-order valence-electron chi connectivity index (χ1n) is 7.86. The predicted molar refractivity (Wildman–Crippen MR) is 84.1 cm³/mol. The summed E-state index contributed by atoms with van der Waals surface area (Å²) in [5, 5.41) is 15.6. The van der Waals surface area contributed by atoms with Crippen molar-refractivity contribution in [3.8, 4) is 0 Å². The van der Waals surface area contributed by atoms with Crippen LogP contribution in [0.3, 0.4) is 0 Å². The molecule has 2 unspecified atom stereocenters. The van der Waals surface area contributed by atoms with Gasteiger partial charge in [-0.05, 0) is 42.7 Å². The Kier molecular flexibility index (Phi) is 5.62. The minimum Gasteiger partial charge on any atom is -0.391 e. The second-order valence-electron chi connectivity index (χ2n) is 6.28. The molecule has 0 heterocycles. The Morgan fingerprint density at radius 2 is 2.14 bits per heavy atom. The van der Waals surface area contributed by atoms with E-state index in [0.717, 1.165) is 19.3 Å². The third kappa shape index (κ3) is 4.74. The molecular weight excluding hydrogens is 264 g/mol. The second-order valence-corrected chi connectivity index (χ2v) is 6.28. The number of carbonyl (C=O) groups is 1. The molecule has 116 valence electrons. The number of fused-ring (bicyclic) bond motifs is 1. The first kappa shape index (κ1) is 15.8. The van der Waals surface area contributed by atoms with Crippen molar-refractivity contribution in [2.45, 2.75) is 51.7 Å². The summed E-state index contributed by atoms with van der Waals surface area (Å²) in [5.41, 5.74) is 2.55. The number of carbonyl (C=O) groups excluding carboxylic acids is 1. The molecule has 0 aliphatic heterocycles. The van der Waals surface area contributed by atoms with Crippen molar-refractivity contribution in [2.24, 2.45) is 5.92 Å². The number of aliphatic hydroxyl groups is 1. The van der Waals surface area contributed by atoms with Gasteiger partial charge in [-0.15, -0.1) is 0 Å². The third-order valence-electron chi connectivity index (χ3n) is 3.92. The van der Waals surface area contributed by atoms with Crippen LogP contribution in [0, 0.1) is 5.92 Å². The van der Waals surface area contributed by atoms with E-state index in [0.29, 0.717) is 18.9 Å². The third-order valence-corrected chi connectivity index (χ3v) is 3.92. The summed E-state index contributed by atoms with van der Waals surface area (Å²) in [5.74, 6) is 0.426. The van der Waals surface area contributed by atoms with E-state index in [1.807, 2.05) is 12.1 Å². The standard InChI is InChI=1S/C17H26N2O2/c1-12(2)10-14(20)11-18-17(21)19-16-9-5-7-13-6-3-4-8-15(13)16/h3-4,6,8,12,14,16,20H,5,7,9-11H2,1-2H3,(H2,18,19,21). The Hall–Kier alpha value is -1.55. The van der Waals surface area contributed by atoms with Gasteiger partial charge in [0.1, 0.15) is 0 Å². The highest BCUT2D eigenvalue weighted by atomic mass is 16.3. The SMILES string of the molecule is CC(C)CC(O)CNC(=O)NC1CCCc2ccccc21. The fourth-order valence-corrected chi connectivity index (χ4v) is 2.95. The van der Waals surface area contributed by atoms with Crippen molar-refractivity contribution >= 4 is 6.03 Å². The van der Waals surface area contributed by atoms with E-state index in [4.69, 9.17) is 0 Å². The van der Waals surface area contributed by atoms with Crippen LogP contribution in [0.5, 0.6) is 0 Å². The Morgan fingerprint density at radius 1 is 1.38 bits per heavy atom. The van der Waals surface area contributed by atoms with Crippen LogP contribution in [0.25, 0.3) is 0 Å². The van der Waals surface area contributed by atoms with E-state index in [1.54, 1.807) is 0 Å². The van der Waals surface area contributed by atoms with Gasteiger partial charge in [0.15, 0.2) is 0 Å². The van der Waals surface area contributed by atoms with Gasteiger partial charge in [0.25, 0.3) is 0 Å². The van der Waals surface area contributed by atoms with Gasteiger partial charge in [0, 0.05) is 6.54 Å². The highest BCUT2D eigenvalue weighted by Gasteiger charge is 2.21. The lowest BCUT2D eigenvalue weighted by Gasteiger charge is -2.26. The predicted octanol–water partition coefficient (Wildman–Crippen LogP) is 2.77. The highest BCUT2D eigenvalue weighted by molar-refractivity contribution is 5.74. The van der Waals surface area contributed by atoms with Crippen molar-refractivity contribution in [3.05, 3.63) is 35.4 Å². The summed E-state index contributed by atoms with van der Waals surface area (Å²) >= 11 is 0. The number of amides is 2. The number of nitrogens with one attached hydrogen (secondary N) is 2. The Balaban J connectivity index is 1.84. The van der Waals surface area contributed by atoms with Crippen LogP contribution >= 0.6 is 0 Å². The van der Waals surface area contributed by atoms with Crippen LogP contribution in [0.2, 0.25) is 0 Å². The zero-order valence-corrected chi connectivity index (χ0v) is 12.9. The van der Waals surface area contributed by atoms with Gasteiger partial charge in [-0.2, -0.15) is 0 Å². The maximum absolute atomic E-state index is 12.0. The van der Waals surface area contributed by atoms with E-state index < -0.39 is 6.10 Å². The minimum absolute atomic E-state index is 0.0807. The minimum atomic E-state index is -0.477. The van der Waals surface area contributed by atoms with Crippen molar-refractivity contribution in [2.75, 3.05) is 6.54 Å². The number of hydrogen-bond acceptors (Lipinski definition) is 2. The van der Waals surface area contributed by atoms with Crippen LogP contribution < -0.4 is 10.6 Å². The fourth-order valence-electron chi connectivity index (χ4n) is 2.95. The summed E-state index contributed by atoms with van der Waals surface area (Å²) in [6.45, 7) is 4.42. The number of aryl methyl sites for hydroxylation is 1. The number of aliphatic hydroxyl groups excluding tert-OH is 1. The summed E-state index contributed by atoms with van der Waals surface area (Å²) in [6, 6.07) is 8.17. The Labute approximate surface area is 126 Å². The summed E-state index contributed by atoms with van der Waals surface area (Å²) in [7, 11) is 0. The summed E-state index contributed by atoms with van der Waals surface area (Å²) < 4.78 is 0. The zero-order chi connectivity index (χ0) is 15.2. The van der Waals surface area contributed by atoms with Crippen molar-refractivity contribution in [3.63, 3.8) is 0 Å². The molecule has 2 atom stereocenters. The van der Waals surface area contributed by atoms with Crippen molar-refractivity contribution in [1.82, 2.24) is 10.6 Å². The van der Waals surface area contributed by atoms with Gasteiger partial charge in [0.2, 0.25) is 0 Å². The average molecular weight is 290 g/mol. The van der Waals surface area contributed by atoms with E-state index in [2.05, 4.69) is 36.6 Å². The lowest BCUT2D eigenvalue weighted by molar-refractivity contribution is 0.146. The first-order chi connectivity index (χ1) is 10.1. The molecule has 1 aliphatic rings. The molecule has 4 heteroatoms. The summed E-state index contributed by atoms with van der Waals surface area (Å²) in [6.07, 6.45) is 3.38. The molecule has 1 aliphatic carbocycles. The average Bonchev–Trinajstić information content (AvgIpc) is 2.45. The largest absolute Gasteiger partial charge is 0.391 e. The number of benzene rings is 1. The highest BCUT2D eigenvalue weighted by Crippen LogP contribution is 2.29. The van der Waals surface area contributed by atoms with Crippen LogP contribution in [0.1, 0.15) is 50.3 Å². The molecule has 0 spiro atoms. The normalized spacial score (nSPS) is 19.0. The van der Waals surface area contributed by atoms with E-state index in [-0.39, 0.29) is 12.1 Å². The lowest BCUT2D eigenvalue weighted by Crippen LogP contribution is -2.42. The van der Waals surface area contributed by atoms with Crippen LogP contribution in [0.4, 0.5) is 4.79 Å². The number of hydrogen-bond donors (Lipinski definition) is 3. The summed E-state index contributed by atoms with van der Waals surface area (Å²) in [4.78, 5) is 12.0. The fraction of sp³-hybridized carbons (Fsp3) is 0.588. The molecular formula is C17H26N2O2. The monoisotopic (exact) mass is 290 g/mol. The number of urea groups is 1. The Morgan fingerprint density at radius 3 is 2.90 bits per heavy atom. The molecule has 0 saturated heterocycles. The number of rotatable bonds is 5. The first-order valence-corrected chi connectivity index (χ1v) is 7.86. The van der Waals surface area contributed by atoms with Gasteiger partial charge in [-0.1, -0.05) is 38.1 Å². The van der Waals surface area contributed by atoms with Gasteiger partial charge >= 0.3 is 6.03 Å². The maximum atomic E-state index is 12.0. The molecule has 21 heavy (non-hydrogen) atoms. The second kappa shape index (κ2) is 7.46. The van der Waals surface area contributed by atoms with E-state index >= 15 is 0 Å². The van der Waals surface area contributed by atoms with Crippen LogP contribution in [-0.2, 0) is 6.42 Å².